The van der Waals surface area contributed by atoms with Crippen LogP contribution in [0.2, 0.25) is 10.3 Å². The van der Waals surface area contributed by atoms with Gasteiger partial charge in [0.1, 0.15) is 11.8 Å². The maximum atomic E-state index is 10.4. The monoisotopic (exact) mass is 679 g/mol. The first-order chi connectivity index (χ1) is 22.4. The molecule has 236 valence electrons. The second-order valence-electron chi connectivity index (χ2n) is 11.6. The van der Waals surface area contributed by atoms with Gasteiger partial charge < -0.3 is 10.6 Å². The zero-order valence-corrected chi connectivity index (χ0v) is 29.2. The van der Waals surface area contributed by atoms with Crippen LogP contribution in [0.3, 0.4) is 0 Å². The third kappa shape index (κ3) is 6.17. The smallest absolute Gasteiger partial charge is 0.258 e. The second-order valence-corrected chi connectivity index (χ2v) is 13.3. The van der Waals surface area contributed by atoms with Crippen LogP contribution < -0.4 is 10.6 Å². The Morgan fingerprint density at radius 3 is 1.91 bits per heavy atom. The highest BCUT2D eigenvalue weighted by Crippen LogP contribution is 2.41. The number of nitrogens with one attached hydrogen (secondary N) is 2. The van der Waals surface area contributed by atoms with Crippen LogP contribution in [0.15, 0.2) is 58.8 Å². The molecule has 3 aromatic heterocycles. The molecule has 0 saturated heterocycles. The fourth-order valence-electron chi connectivity index (χ4n) is 5.77. The first kappa shape index (κ1) is 32.1. The summed E-state index contributed by atoms with van der Waals surface area (Å²) < 4.78 is 2.54. The number of para-hydroxylation sites is 1. The fraction of sp³-hybridized carbons (Fsp3) is 0.200. The molecule has 0 fully saturated rings. The summed E-state index contributed by atoms with van der Waals surface area (Å²) in [5, 5.41) is 27.3. The summed E-state index contributed by atoms with van der Waals surface area (Å²) in [7, 11) is 0. The van der Waals surface area contributed by atoms with Crippen molar-refractivity contribution in [3.8, 4) is 11.2 Å². The first-order valence-electron chi connectivity index (χ1n) is 14.8. The van der Waals surface area contributed by atoms with Gasteiger partial charge in [0.25, 0.3) is 5.95 Å². The van der Waals surface area contributed by atoms with Crippen LogP contribution in [-0.4, -0.2) is 19.5 Å². The van der Waals surface area contributed by atoms with Gasteiger partial charge in [-0.1, -0.05) is 82.1 Å². The number of benzene rings is 3. The molecule has 47 heavy (non-hydrogen) atoms. The van der Waals surface area contributed by atoms with Crippen molar-refractivity contribution in [2.24, 2.45) is 10.2 Å². The van der Waals surface area contributed by atoms with E-state index in [1.807, 2.05) is 58.9 Å². The number of hydrogen-bond donors (Lipinski definition) is 2. The first-order valence-corrected chi connectivity index (χ1v) is 16.4. The Morgan fingerprint density at radius 1 is 0.766 bits per heavy atom. The maximum Gasteiger partial charge on any atom is 0.258 e. The third-order valence-electron chi connectivity index (χ3n) is 7.85. The molecule has 9 nitrogen and oxygen atoms in total. The van der Waals surface area contributed by atoms with Gasteiger partial charge in [-0.05, 0) is 82.9 Å². The molecule has 0 radical (unpaired) electrons. The van der Waals surface area contributed by atoms with E-state index in [1.54, 1.807) is 4.57 Å². The molecular weight excluding hydrogens is 649 g/mol. The molecule has 12 heteroatoms. The lowest BCUT2D eigenvalue weighted by molar-refractivity contribution is 0.991. The summed E-state index contributed by atoms with van der Waals surface area (Å²) >= 11 is 14.4. The van der Waals surface area contributed by atoms with Crippen LogP contribution in [-0.2, 0) is 0 Å². The van der Waals surface area contributed by atoms with Crippen molar-refractivity contribution in [1.29, 1.82) is 5.26 Å². The number of fused-ring (bicyclic) bond motifs is 1. The van der Waals surface area contributed by atoms with E-state index >= 15 is 0 Å². The number of azo groups is 1. The summed E-state index contributed by atoms with van der Waals surface area (Å²) in [5.41, 5.74) is 10.4. The molecule has 0 aliphatic carbocycles. The zero-order chi connectivity index (χ0) is 33.6. The normalized spacial score (nSPS) is 11.4. The molecule has 0 saturated carbocycles. The number of anilines is 4. The van der Waals surface area contributed by atoms with Crippen molar-refractivity contribution in [3.63, 3.8) is 0 Å². The Hall–Kier alpha value is -4.82. The summed E-state index contributed by atoms with van der Waals surface area (Å²) in [6.07, 6.45) is 0. The van der Waals surface area contributed by atoms with E-state index < -0.39 is 0 Å². The van der Waals surface area contributed by atoms with Crippen molar-refractivity contribution in [2.45, 2.75) is 48.5 Å². The Kier molecular flexibility index (Phi) is 8.72. The van der Waals surface area contributed by atoms with Crippen LogP contribution >= 0.6 is 34.5 Å². The molecule has 0 atom stereocenters. The lowest BCUT2D eigenvalue weighted by Crippen LogP contribution is -2.07. The second kappa shape index (κ2) is 12.8. The van der Waals surface area contributed by atoms with Crippen molar-refractivity contribution in [1.82, 2.24) is 19.5 Å². The Balaban J connectivity index is 1.52. The summed E-state index contributed by atoms with van der Waals surface area (Å²) in [6, 6.07) is 18.5. The largest absolute Gasteiger partial charge is 0.339 e. The average Bonchev–Trinajstić information content (AvgIpc) is 3.55. The molecule has 3 aromatic carbocycles. The van der Waals surface area contributed by atoms with Crippen LogP contribution in [0.25, 0.3) is 15.3 Å². The Bertz CT molecular complexity index is 2200. The van der Waals surface area contributed by atoms with Gasteiger partial charge in [0.15, 0.2) is 27.1 Å². The minimum atomic E-state index is 0.0695. The van der Waals surface area contributed by atoms with Gasteiger partial charge in [0.2, 0.25) is 0 Å². The number of aromatic nitrogens is 4. The van der Waals surface area contributed by atoms with Crippen molar-refractivity contribution < 1.29 is 0 Å². The molecule has 3 heterocycles. The van der Waals surface area contributed by atoms with Crippen LogP contribution in [0.4, 0.5) is 34.6 Å². The highest BCUT2D eigenvalue weighted by molar-refractivity contribution is 7.20. The zero-order valence-electron chi connectivity index (χ0n) is 26.9. The Labute approximate surface area is 287 Å². The topological polar surface area (TPSA) is 116 Å². The summed E-state index contributed by atoms with van der Waals surface area (Å²) in [5.74, 6) is 0.963. The van der Waals surface area contributed by atoms with Gasteiger partial charge in [-0.25, -0.2) is 14.5 Å². The highest BCUT2D eigenvalue weighted by atomic mass is 35.5. The molecule has 6 rings (SSSR count). The molecule has 0 unspecified atom stereocenters. The molecule has 6 aromatic rings. The van der Waals surface area contributed by atoms with Crippen LogP contribution in [0.5, 0.6) is 0 Å². The highest BCUT2D eigenvalue weighted by Gasteiger charge is 2.22. The number of nitriles is 1. The average molecular weight is 681 g/mol. The van der Waals surface area contributed by atoms with E-state index in [-0.39, 0.29) is 16.3 Å². The van der Waals surface area contributed by atoms with Gasteiger partial charge in [-0.2, -0.15) is 10.2 Å². The van der Waals surface area contributed by atoms with Crippen molar-refractivity contribution in [2.75, 3.05) is 10.6 Å². The number of aryl methyl sites for hydroxylation is 6. The number of hydrogen-bond acceptors (Lipinski definition) is 9. The van der Waals surface area contributed by atoms with E-state index in [4.69, 9.17) is 33.2 Å². The number of halogens is 2. The molecule has 0 amide bonds. The summed E-state index contributed by atoms with van der Waals surface area (Å²) in [6.45, 7) is 14.1. The van der Waals surface area contributed by atoms with E-state index in [0.717, 1.165) is 55.0 Å². The molecule has 2 N–H and O–H groups in total. The number of rotatable bonds is 7. The van der Waals surface area contributed by atoms with E-state index in [1.165, 1.54) is 11.3 Å². The predicted octanol–water partition coefficient (Wildman–Crippen LogP) is 11.1. The minimum Gasteiger partial charge on any atom is -0.339 e. The quantitative estimate of drug-likeness (QED) is 0.162. The number of thiazole rings is 1. The molecule has 0 aliphatic rings. The van der Waals surface area contributed by atoms with E-state index in [9.17, 15) is 5.26 Å². The molecular formula is C35H31Cl2N9S. The Morgan fingerprint density at radius 2 is 1.34 bits per heavy atom. The minimum absolute atomic E-state index is 0.0695. The number of pyridine rings is 1. The number of imidazole rings is 1. The van der Waals surface area contributed by atoms with E-state index in [2.05, 4.69) is 70.0 Å². The SMILES string of the molecule is Cc1cc(C)c(Nc2nc(Nc3c(C)cc(C)cc3C)c(N=Nc3nc(Cl)c(Cl)n3-c3nc4ccccc4s3)c(C)c2C#N)c(C)c1. The lowest BCUT2D eigenvalue weighted by atomic mass is 10.0. The third-order valence-corrected chi connectivity index (χ3v) is 9.58. The molecule has 0 aliphatic heterocycles. The number of nitrogens with zero attached hydrogens (tertiary/aromatic N) is 7. The molecule has 0 bridgehead atoms. The van der Waals surface area contributed by atoms with Gasteiger partial charge in [-0.15, -0.1) is 10.2 Å². The van der Waals surface area contributed by atoms with Crippen LogP contribution in [0.1, 0.15) is 44.5 Å². The maximum absolute atomic E-state index is 10.4. The lowest BCUT2D eigenvalue weighted by Gasteiger charge is -2.19. The van der Waals surface area contributed by atoms with E-state index in [0.29, 0.717) is 33.6 Å². The predicted molar refractivity (Wildman–Crippen MR) is 192 cm³/mol. The van der Waals surface area contributed by atoms with Crippen molar-refractivity contribution in [3.05, 3.63) is 103 Å². The van der Waals surface area contributed by atoms with Gasteiger partial charge in [-0.3, -0.25) is 0 Å². The van der Waals surface area contributed by atoms with Crippen molar-refractivity contribution >= 4 is 79.4 Å². The standard InChI is InChI=1S/C35H31Cl2N9S/c1-17-12-19(3)27(20(4)13-17)40-32-24(16-38)23(7)29(33(43-32)41-28-21(5)14-18(2)15-22(28)6)44-45-34-42-30(36)31(37)46(34)35-39-25-10-8-9-11-26(25)47-35/h8-15H,1-7H3,(H2,40,41,43). The van der Waals surface area contributed by atoms with Crippen LogP contribution in [0, 0.1) is 59.8 Å². The van der Waals surface area contributed by atoms with Gasteiger partial charge in [0.05, 0.1) is 15.8 Å². The van der Waals surface area contributed by atoms with Gasteiger partial charge >= 0.3 is 0 Å². The van der Waals surface area contributed by atoms with Gasteiger partial charge in [0, 0.05) is 16.9 Å². The fourth-order valence-corrected chi connectivity index (χ4v) is 7.15. The summed E-state index contributed by atoms with van der Waals surface area (Å²) in [4.78, 5) is 14.0. The molecule has 0 spiro atoms.